The number of nitrogens with one attached hydrogen (secondary N) is 1. The van der Waals surface area contributed by atoms with E-state index in [0.717, 1.165) is 5.56 Å². The maximum absolute atomic E-state index is 12.2. The van der Waals surface area contributed by atoms with Crippen LogP contribution in [-0.4, -0.2) is 23.6 Å². The van der Waals surface area contributed by atoms with Crippen LogP contribution in [0.2, 0.25) is 0 Å². The molecular weight excluding hydrogens is 264 g/mol. The van der Waals surface area contributed by atoms with E-state index in [1.54, 1.807) is 19.1 Å². The highest BCUT2D eigenvalue weighted by Crippen LogP contribution is 2.17. The first-order valence-electron chi connectivity index (χ1n) is 6.94. The van der Waals surface area contributed by atoms with Crippen LogP contribution in [0.1, 0.15) is 21.5 Å². The zero-order chi connectivity index (χ0) is 15.2. The lowest BCUT2D eigenvalue weighted by Gasteiger charge is -2.17. The van der Waals surface area contributed by atoms with Crippen molar-refractivity contribution in [2.75, 3.05) is 6.54 Å². The first kappa shape index (κ1) is 15.1. The van der Waals surface area contributed by atoms with Gasteiger partial charge in [0.1, 0.15) is 5.75 Å². The second kappa shape index (κ2) is 6.90. The van der Waals surface area contributed by atoms with E-state index in [2.05, 4.69) is 5.32 Å². The Morgan fingerprint density at radius 2 is 1.95 bits per heavy atom. The van der Waals surface area contributed by atoms with E-state index < -0.39 is 0 Å². The van der Waals surface area contributed by atoms with Crippen molar-refractivity contribution in [2.45, 2.75) is 19.4 Å². The van der Waals surface area contributed by atoms with E-state index in [4.69, 9.17) is 5.73 Å². The Morgan fingerprint density at radius 1 is 1.24 bits per heavy atom. The number of nitrogens with two attached hydrogens (primary N) is 1. The maximum atomic E-state index is 12.2. The number of aryl methyl sites for hydroxylation is 1. The van der Waals surface area contributed by atoms with Gasteiger partial charge in [-0.05, 0) is 42.7 Å². The number of benzene rings is 2. The normalized spacial score (nSPS) is 11.9. The van der Waals surface area contributed by atoms with Crippen LogP contribution in [0, 0.1) is 6.92 Å². The van der Waals surface area contributed by atoms with E-state index in [1.807, 2.05) is 30.3 Å². The summed E-state index contributed by atoms with van der Waals surface area (Å²) in [7, 11) is 0. The lowest BCUT2D eigenvalue weighted by molar-refractivity contribution is 0.0938. The Bertz CT molecular complexity index is 611. The van der Waals surface area contributed by atoms with Crippen molar-refractivity contribution in [2.24, 2.45) is 5.73 Å². The first-order chi connectivity index (χ1) is 10.1. The number of phenols is 1. The Labute approximate surface area is 124 Å². The van der Waals surface area contributed by atoms with Gasteiger partial charge in [-0.3, -0.25) is 4.79 Å². The molecule has 110 valence electrons. The van der Waals surface area contributed by atoms with Gasteiger partial charge in [0.15, 0.2) is 0 Å². The van der Waals surface area contributed by atoms with Crippen LogP contribution in [0.4, 0.5) is 0 Å². The van der Waals surface area contributed by atoms with Crippen molar-refractivity contribution in [3.8, 4) is 5.75 Å². The summed E-state index contributed by atoms with van der Waals surface area (Å²) in [5.74, 6) is 0.00990. The van der Waals surface area contributed by atoms with Crippen LogP contribution >= 0.6 is 0 Å². The van der Waals surface area contributed by atoms with Gasteiger partial charge in [0, 0.05) is 18.2 Å². The molecule has 1 amide bonds. The van der Waals surface area contributed by atoms with Crippen molar-refractivity contribution in [3.05, 3.63) is 65.2 Å². The average Bonchev–Trinajstić information content (AvgIpc) is 2.50. The molecule has 4 nitrogen and oxygen atoms in total. The van der Waals surface area contributed by atoms with E-state index in [-0.39, 0.29) is 17.7 Å². The molecule has 2 rings (SSSR count). The minimum absolute atomic E-state index is 0.117. The molecule has 0 aliphatic carbocycles. The Morgan fingerprint density at radius 3 is 2.57 bits per heavy atom. The average molecular weight is 284 g/mol. The monoisotopic (exact) mass is 284 g/mol. The van der Waals surface area contributed by atoms with Crippen LogP contribution in [-0.2, 0) is 6.42 Å². The lowest BCUT2D eigenvalue weighted by Crippen LogP contribution is -2.41. The molecule has 4 heteroatoms. The SMILES string of the molecule is Cc1cc(C(=O)NC(CN)Cc2ccccc2)ccc1O. The molecule has 0 heterocycles. The topological polar surface area (TPSA) is 75.4 Å². The largest absolute Gasteiger partial charge is 0.508 e. The van der Waals surface area contributed by atoms with E-state index in [1.165, 1.54) is 6.07 Å². The third-order valence-electron chi connectivity index (χ3n) is 3.40. The molecule has 1 unspecified atom stereocenters. The standard InChI is InChI=1S/C17H20N2O2/c1-12-9-14(7-8-16(12)20)17(21)19-15(11-18)10-13-5-3-2-4-6-13/h2-9,15,20H,10-11,18H2,1H3,(H,19,21). The summed E-state index contributed by atoms with van der Waals surface area (Å²) in [4.78, 5) is 12.2. The van der Waals surface area contributed by atoms with Crippen LogP contribution in [0.25, 0.3) is 0 Å². The Hall–Kier alpha value is -2.33. The molecule has 0 saturated heterocycles. The van der Waals surface area contributed by atoms with E-state index >= 15 is 0 Å². The molecule has 2 aromatic carbocycles. The molecule has 4 N–H and O–H groups in total. The number of rotatable bonds is 5. The van der Waals surface area contributed by atoms with Crippen LogP contribution in [0.15, 0.2) is 48.5 Å². The Kier molecular flexibility index (Phi) is 4.95. The molecule has 0 radical (unpaired) electrons. The molecule has 2 aromatic rings. The molecule has 0 spiro atoms. The van der Waals surface area contributed by atoms with Crippen LogP contribution in [0.3, 0.4) is 0 Å². The van der Waals surface area contributed by atoms with Crippen molar-refractivity contribution in [1.29, 1.82) is 0 Å². The van der Waals surface area contributed by atoms with Gasteiger partial charge < -0.3 is 16.2 Å². The smallest absolute Gasteiger partial charge is 0.251 e. The summed E-state index contributed by atoms with van der Waals surface area (Å²) in [5, 5.41) is 12.4. The predicted octanol–water partition coefficient (Wildman–Crippen LogP) is 2.00. The maximum Gasteiger partial charge on any atom is 0.251 e. The summed E-state index contributed by atoms with van der Waals surface area (Å²) in [6, 6.07) is 14.6. The summed E-state index contributed by atoms with van der Waals surface area (Å²) >= 11 is 0. The van der Waals surface area contributed by atoms with E-state index in [9.17, 15) is 9.90 Å². The van der Waals surface area contributed by atoms with Gasteiger partial charge >= 0.3 is 0 Å². The molecule has 0 saturated carbocycles. The summed E-state index contributed by atoms with van der Waals surface area (Å²) in [6.45, 7) is 2.13. The van der Waals surface area contributed by atoms with Gasteiger partial charge in [-0.15, -0.1) is 0 Å². The fourth-order valence-corrected chi connectivity index (χ4v) is 2.16. The molecule has 0 fully saturated rings. The number of phenolic OH excluding ortho intramolecular Hbond substituents is 1. The molecule has 0 bridgehead atoms. The molecule has 0 aliphatic rings. The Balaban J connectivity index is 2.04. The summed E-state index contributed by atoms with van der Waals surface area (Å²) in [6.07, 6.45) is 0.695. The van der Waals surface area contributed by atoms with Gasteiger partial charge in [-0.2, -0.15) is 0 Å². The number of carbonyl (C=O) groups is 1. The second-order valence-corrected chi connectivity index (χ2v) is 5.10. The molecule has 21 heavy (non-hydrogen) atoms. The third-order valence-corrected chi connectivity index (χ3v) is 3.40. The summed E-state index contributed by atoms with van der Waals surface area (Å²) < 4.78 is 0. The number of amides is 1. The highest BCUT2D eigenvalue weighted by atomic mass is 16.3. The zero-order valence-electron chi connectivity index (χ0n) is 12.0. The lowest BCUT2D eigenvalue weighted by atomic mass is 10.0. The van der Waals surface area contributed by atoms with Gasteiger partial charge in [0.05, 0.1) is 0 Å². The highest BCUT2D eigenvalue weighted by molar-refractivity contribution is 5.94. The van der Waals surface area contributed by atoms with E-state index in [0.29, 0.717) is 24.1 Å². The fraction of sp³-hybridized carbons (Fsp3) is 0.235. The predicted molar refractivity (Wildman–Crippen MR) is 83.3 cm³/mol. The molecule has 0 aliphatic heterocycles. The number of hydrogen-bond acceptors (Lipinski definition) is 3. The van der Waals surface area contributed by atoms with Crippen molar-refractivity contribution < 1.29 is 9.90 Å². The molecule has 0 aromatic heterocycles. The number of aromatic hydroxyl groups is 1. The second-order valence-electron chi connectivity index (χ2n) is 5.10. The minimum Gasteiger partial charge on any atom is -0.508 e. The third kappa shape index (κ3) is 4.07. The molecular formula is C17H20N2O2. The van der Waals surface area contributed by atoms with Crippen molar-refractivity contribution in [3.63, 3.8) is 0 Å². The molecule has 1 atom stereocenters. The minimum atomic E-state index is -0.176. The van der Waals surface area contributed by atoms with Gasteiger partial charge in [-0.1, -0.05) is 30.3 Å². The van der Waals surface area contributed by atoms with Gasteiger partial charge in [0.25, 0.3) is 5.91 Å². The first-order valence-corrected chi connectivity index (χ1v) is 6.94. The quantitative estimate of drug-likeness (QED) is 0.786. The van der Waals surface area contributed by atoms with Crippen molar-refractivity contribution >= 4 is 5.91 Å². The fourth-order valence-electron chi connectivity index (χ4n) is 2.16. The zero-order valence-corrected chi connectivity index (χ0v) is 12.0. The van der Waals surface area contributed by atoms with Crippen LogP contribution in [0.5, 0.6) is 5.75 Å². The number of carbonyl (C=O) groups excluding carboxylic acids is 1. The number of hydrogen-bond donors (Lipinski definition) is 3. The van der Waals surface area contributed by atoms with Gasteiger partial charge in [-0.25, -0.2) is 0 Å². The van der Waals surface area contributed by atoms with Gasteiger partial charge in [0.2, 0.25) is 0 Å². The summed E-state index contributed by atoms with van der Waals surface area (Å²) in [5.41, 5.74) is 8.08. The van der Waals surface area contributed by atoms with Crippen LogP contribution < -0.4 is 11.1 Å². The highest BCUT2D eigenvalue weighted by Gasteiger charge is 2.13. The van der Waals surface area contributed by atoms with Crippen molar-refractivity contribution in [1.82, 2.24) is 5.32 Å².